The summed E-state index contributed by atoms with van der Waals surface area (Å²) in [6.07, 6.45) is 0.386. The van der Waals surface area contributed by atoms with Crippen LogP contribution in [0, 0.1) is 13.8 Å². The van der Waals surface area contributed by atoms with Gasteiger partial charge in [0.1, 0.15) is 5.00 Å². The third-order valence-corrected chi connectivity index (χ3v) is 3.47. The van der Waals surface area contributed by atoms with E-state index in [1.165, 1.54) is 18.4 Å². The molecule has 0 aliphatic rings. The average Bonchev–Trinajstić information content (AvgIpc) is 2.53. The van der Waals surface area contributed by atoms with Crippen LogP contribution in [0.5, 0.6) is 0 Å². The number of carbonyl (C=O) groups is 2. The molecule has 88 valence electrons. The van der Waals surface area contributed by atoms with Gasteiger partial charge in [-0.05, 0) is 19.4 Å². The van der Waals surface area contributed by atoms with E-state index >= 15 is 0 Å². The highest BCUT2D eigenvalue weighted by atomic mass is 32.1. The molecule has 1 amide bonds. The molecule has 0 aliphatic carbocycles. The molecule has 0 unspecified atom stereocenters. The molecule has 5 heteroatoms. The van der Waals surface area contributed by atoms with Crippen molar-refractivity contribution >= 4 is 28.2 Å². The van der Waals surface area contributed by atoms with Gasteiger partial charge in [0, 0.05) is 11.3 Å². The minimum atomic E-state index is -0.409. The van der Waals surface area contributed by atoms with E-state index < -0.39 is 5.97 Å². The third kappa shape index (κ3) is 2.41. The van der Waals surface area contributed by atoms with Crippen LogP contribution in [-0.2, 0) is 9.53 Å². The summed E-state index contributed by atoms with van der Waals surface area (Å²) in [5.41, 5.74) is 1.33. The van der Waals surface area contributed by atoms with E-state index in [9.17, 15) is 9.59 Å². The third-order valence-electron chi connectivity index (χ3n) is 2.35. The van der Waals surface area contributed by atoms with Gasteiger partial charge in [-0.3, -0.25) is 4.79 Å². The van der Waals surface area contributed by atoms with Gasteiger partial charge in [0.05, 0.1) is 12.7 Å². The monoisotopic (exact) mass is 241 g/mol. The van der Waals surface area contributed by atoms with Crippen LogP contribution in [0.1, 0.15) is 34.1 Å². The molecule has 0 spiro atoms. The molecule has 0 saturated heterocycles. The van der Waals surface area contributed by atoms with Crippen molar-refractivity contribution in [2.24, 2.45) is 0 Å². The molecular formula is C11H15NO3S. The van der Waals surface area contributed by atoms with E-state index in [2.05, 4.69) is 5.32 Å². The molecule has 1 rings (SSSR count). The summed E-state index contributed by atoms with van der Waals surface area (Å²) < 4.78 is 4.70. The van der Waals surface area contributed by atoms with E-state index in [1.807, 2.05) is 13.8 Å². The molecule has 0 aliphatic heterocycles. The lowest BCUT2D eigenvalue weighted by Gasteiger charge is -2.04. The first kappa shape index (κ1) is 12.7. The lowest BCUT2D eigenvalue weighted by molar-refractivity contribution is -0.115. The first-order valence-corrected chi connectivity index (χ1v) is 5.81. The van der Waals surface area contributed by atoms with Gasteiger partial charge in [0.15, 0.2) is 0 Å². The molecule has 1 aromatic rings. The quantitative estimate of drug-likeness (QED) is 0.827. The molecule has 0 atom stereocenters. The highest BCUT2D eigenvalue weighted by Gasteiger charge is 2.20. The predicted molar refractivity (Wildman–Crippen MR) is 64.1 cm³/mol. The molecule has 0 radical (unpaired) electrons. The molecule has 0 fully saturated rings. The van der Waals surface area contributed by atoms with Crippen molar-refractivity contribution in [3.63, 3.8) is 0 Å². The van der Waals surface area contributed by atoms with Crippen molar-refractivity contribution in [3.8, 4) is 0 Å². The second-order valence-corrected chi connectivity index (χ2v) is 4.61. The first-order valence-electron chi connectivity index (χ1n) is 4.99. The number of hydrogen-bond acceptors (Lipinski definition) is 4. The van der Waals surface area contributed by atoms with E-state index in [0.29, 0.717) is 17.0 Å². The summed E-state index contributed by atoms with van der Waals surface area (Å²) >= 11 is 1.40. The van der Waals surface area contributed by atoms with Crippen molar-refractivity contribution in [1.82, 2.24) is 0 Å². The molecule has 16 heavy (non-hydrogen) atoms. The summed E-state index contributed by atoms with van der Waals surface area (Å²) in [7, 11) is 1.33. The number of ether oxygens (including phenoxy) is 1. The van der Waals surface area contributed by atoms with Gasteiger partial charge in [-0.1, -0.05) is 6.92 Å². The fourth-order valence-corrected chi connectivity index (χ4v) is 2.34. The zero-order valence-electron chi connectivity index (χ0n) is 9.84. The topological polar surface area (TPSA) is 55.4 Å². The molecule has 0 bridgehead atoms. The van der Waals surface area contributed by atoms with Crippen molar-refractivity contribution in [2.75, 3.05) is 12.4 Å². The summed E-state index contributed by atoms with van der Waals surface area (Å²) in [5, 5.41) is 3.29. The lowest BCUT2D eigenvalue weighted by atomic mass is 10.1. The van der Waals surface area contributed by atoms with Crippen LogP contribution in [0.3, 0.4) is 0 Å². The maximum absolute atomic E-state index is 11.6. The van der Waals surface area contributed by atoms with Gasteiger partial charge >= 0.3 is 5.97 Å². The maximum Gasteiger partial charge on any atom is 0.341 e. The molecular weight excluding hydrogens is 226 g/mol. The Morgan fingerprint density at radius 3 is 2.50 bits per heavy atom. The minimum absolute atomic E-state index is 0.105. The normalized spacial score (nSPS) is 10.0. The standard InChI is InChI=1S/C11H15NO3S/c1-5-8(13)12-10-9(11(14)15-4)6(2)7(3)16-10/h5H2,1-4H3,(H,12,13). The van der Waals surface area contributed by atoms with Gasteiger partial charge in [-0.15, -0.1) is 11.3 Å². The fourth-order valence-electron chi connectivity index (χ4n) is 1.28. The van der Waals surface area contributed by atoms with Crippen molar-refractivity contribution in [3.05, 3.63) is 16.0 Å². The molecule has 4 nitrogen and oxygen atoms in total. The van der Waals surface area contributed by atoms with Crippen LogP contribution in [-0.4, -0.2) is 19.0 Å². The van der Waals surface area contributed by atoms with Crippen LogP contribution >= 0.6 is 11.3 Å². The number of nitrogens with one attached hydrogen (secondary N) is 1. The van der Waals surface area contributed by atoms with Crippen molar-refractivity contribution < 1.29 is 14.3 Å². The summed E-state index contributed by atoms with van der Waals surface area (Å²) in [6, 6.07) is 0. The van der Waals surface area contributed by atoms with Gasteiger partial charge in [-0.2, -0.15) is 0 Å². The Morgan fingerprint density at radius 1 is 1.38 bits per heavy atom. The number of anilines is 1. The van der Waals surface area contributed by atoms with E-state index in [1.54, 1.807) is 6.92 Å². The Kier molecular flexibility index (Phi) is 4.06. The van der Waals surface area contributed by atoms with E-state index in [-0.39, 0.29) is 5.91 Å². The second-order valence-electron chi connectivity index (χ2n) is 3.38. The lowest BCUT2D eigenvalue weighted by Crippen LogP contribution is -2.12. The average molecular weight is 241 g/mol. The number of methoxy groups -OCH3 is 1. The second kappa shape index (κ2) is 5.12. The Labute approximate surface area is 98.6 Å². The molecule has 1 aromatic heterocycles. The number of amides is 1. The zero-order valence-corrected chi connectivity index (χ0v) is 10.7. The Bertz CT molecular complexity index is 423. The van der Waals surface area contributed by atoms with Crippen LogP contribution in [0.4, 0.5) is 5.00 Å². The highest BCUT2D eigenvalue weighted by Crippen LogP contribution is 2.32. The highest BCUT2D eigenvalue weighted by molar-refractivity contribution is 7.16. The van der Waals surface area contributed by atoms with E-state index in [0.717, 1.165) is 10.4 Å². The number of thiophene rings is 1. The fraction of sp³-hybridized carbons (Fsp3) is 0.455. The Balaban J connectivity index is 3.13. The van der Waals surface area contributed by atoms with Gasteiger partial charge in [0.25, 0.3) is 0 Å². The van der Waals surface area contributed by atoms with E-state index in [4.69, 9.17) is 4.74 Å². The Morgan fingerprint density at radius 2 is 2.00 bits per heavy atom. The number of carbonyl (C=O) groups excluding carboxylic acids is 2. The predicted octanol–water partition coefficient (Wildman–Crippen LogP) is 2.50. The van der Waals surface area contributed by atoms with Crippen LogP contribution < -0.4 is 5.32 Å². The SMILES string of the molecule is CCC(=O)Nc1sc(C)c(C)c1C(=O)OC. The number of esters is 1. The van der Waals surface area contributed by atoms with Gasteiger partial charge in [0.2, 0.25) is 5.91 Å². The van der Waals surface area contributed by atoms with Crippen LogP contribution in [0.15, 0.2) is 0 Å². The Hall–Kier alpha value is -1.36. The molecule has 0 saturated carbocycles. The molecule has 1 heterocycles. The van der Waals surface area contributed by atoms with Gasteiger partial charge in [-0.25, -0.2) is 4.79 Å². The molecule has 1 N–H and O–H groups in total. The minimum Gasteiger partial charge on any atom is -0.465 e. The zero-order chi connectivity index (χ0) is 12.3. The van der Waals surface area contributed by atoms with Crippen LogP contribution in [0.2, 0.25) is 0 Å². The summed E-state index contributed by atoms with van der Waals surface area (Å²) in [4.78, 5) is 23.9. The summed E-state index contributed by atoms with van der Waals surface area (Å²) in [6.45, 7) is 5.52. The smallest absolute Gasteiger partial charge is 0.341 e. The van der Waals surface area contributed by atoms with Crippen LogP contribution in [0.25, 0.3) is 0 Å². The van der Waals surface area contributed by atoms with Crippen molar-refractivity contribution in [2.45, 2.75) is 27.2 Å². The number of hydrogen-bond donors (Lipinski definition) is 1. The first-order chi connectivity index (χ1) is 7.51. The number of rotatable bonds is 3. The largest absolute Gasteiger partial charge is 0.465 e. The van der Waals surface area contributed by atoms with Gasteiger partial charge < -0.3 is 10.1 Å². The number of aryl methyl sites for hydroxylation is 1. The molecule has 0 aromatic carbocycles. The maximum atomic E-state index is 11.6. The summed E-state index contributed by atoms with van der Waals surface area (Å²) in [5.74, 6) is -0.514. The van der Waals surface area contributed by atoms with Crippen molar-refractivity contribution in [1.29, 1.82) is 0 Å².